The first-order chi connectivity index (χ1) is 22.6. The van der Waals surface area contributed by atoms with Gasteiger partial charge in [-0.3, -0.25) is 14.6 Å². The minimum Gasteiger partial charge on any atom is -0.480 e. The Morgan fingerprint density at radius 1 is 1.08 bits per heavy atom. The number of carboxylic acid groups (broad SMARTS) is 1. The van der Waals surface area contributed by atoms with E-state index in [0.29, 0.717) is 45.8 Å². The summed E-state index contributed by atoms with van der Waals surface area (Å²) < 4.78 is 89.9. The summed E-state index contributed by atoms with van der Waals surface area (Å²) in [7, 11) is 0. The van der Waals surface area contributed by atoms with Crippen LogP contribution in [-0.2, 0) is 34.9 Å². The molecule has 3 atom stereocenters. The highest BCUT2D eigenvalue weighted by atomic mass is 79.9. The van der Waals surface area contributed by atoms with E-state index in [2.05, 4.69) is 20.9 Å². The van der Waals surface area contributed by atoms with Gasteiger partial charge in [-0.15, -0.1) is 11.3 Å². The highest BCUT2D eigenvalue weighted by Crippen LogP contribution is 2.43. The molecule has 0 aliphatic carbocycles. The topological polar surface area (TPSA) is 100 Å². The predicted octanol–water partition coefficient (Wildman–Crippen LogP) is 7.59. The number of aliphatic carboxylic acids is 1. The van der Waals surface area contributed by atoms with Gasteiger partial charge in [-0.2, -0.15) is 26.3 Å². The highest BCUT2D eigenvalue weighted by Gasteiger charge is 2.57. The second kappa shape index (κ2) is 13.7. The zero-order chi connectivity index (χ0) is 35.0. The van der Waals surface area contributed by atoms with E-state index in [9.17, 15) is 45.8 Å². The SMILES string of the molecule is CCCC[C@H]1N(C(=O)c2ncccc2C(F)(F)F)CCCC1(Oc1csc(C(F)(F)F)c1)C(=O)N1Cc2ccc(Br)cc2C[C@@H]1C(=O)O. The predicted molar refractivity (Wildman–Crippen MR) is 165 cm³/mol. The molecule has 48 heavy (non-hydrogen) atoms. The second-order valence-corrected chi connectivity index (χ2v) is 13.5. The number of carbonyl (C=O) groups excluding carboxylic acids is 2. The molecule has 0 radical (unpaired) electrons. The number of nitrogens with zero attached hydrogens (tertiary/aromatic N) is 3. The van der Waals surface area contributed by atoms with Crippen molar-refractivity contribution in [3.63, 3.8) is 0 Å². The molecule has 1 fully saturated rings. The number of halogens is 7. The zero-order valence-electron chi connectivity index (χ0n) is 25.4. The van der Waals surface area contributed by atoms with E-state index in [0.717, 1.165) is 33.5 Å². The van der Waals surface area contributed by atoms with Crippen LogP contribution in [0.4, 0.5) is 26.3 Å². The maximum absolute atomic E-state index is 15.0. The third kappa shape index (κ3) is 7.05. The Labute approximate surface area is 283 Å². The second-order valence-electron chi connectivity index (χ2n) is 11.7. The number of ether oxygens (including phenoxy) is 1. The van der Waals surface area contributed by atoms with Crippen molar-refractivity contribution in [2.45, 2.75) is 82.0 Å². The van der Waals surface area contributed by atoms with Gasteiger partial charge in [0.1, 0.15) is 22.4 Å². The average molecular weight is 763 g/mol. The van der Waals surface area contributed by atoms with Gasteiger partial charge in [0.15, 0.2) is 0 Å². The molecule has 1 saturated heterocycles. The molecule has 8 nitrogen and oxygen atoms in total. The Bertz CT molecular complexity index is 1700. The maximum atomic E-state index is 15.0. The number of hydrogen-bond acceptors (Lipinski definition) is 6. The molecule has 2 aromatic heterocycles. The number of fused-ring (bicyclic) bond motifs is 1. The number of piperidine rings is 1. The van der Waals surface area contributed by atoms with E-state index in [-0.39, 0.29) is 44.5 Å². The quantitative estimate of drug-likeness (QED) is 0.238. The third-order valence-corrected chi connectivity index (χ3v) is 10.1. The Morgan fingerprint density at radius 3 is 2.48 bits per heavy atom. The van der Waals surface area contributed by atoms with Crippen molar-refractivity contribution >= 4 is 45.1 Å². The van der Waals surface area contributed by atoms with Crippen LogP contribution in [0.3, 0.4) is 0 Å². The van der Waals surface area contributed by atoms with Crippen LogP contribution in [0.1, 0.15) is 71.1 Å². The fourth-order valence-corrected chi connectivity index (χ4v) is 7.51. The van der Waals surface area contributed by atoms with Crippen LogP contribution < -0.4 is 4.74 Å². The summed E-state index contributed by atoms with van der Waals surface area (Å²) in [6.45, 7) is 1.53. The van der Waals surface area contributed by atoms with Gasteiger partial charge in [-0.25, -0.2) is 4.79 Å². The van der Waals surface area contributed by atoms with Crippen molar-refractivity contribution in [3.8, 4) is 5.75 Å². The van der Waals surface area contributed by atoms with Gasteiger partial charge in [0, 0.05) is 48.0 Å². The summed E-state index contributed by atoms with van der Waals surface area (Å²) >= 11 is 3.69. The van der Waals surface area contributed by atoms with Gasteiger partial charge in [0.2, 0.25) is 5.60 Å². The smallest absolute Gasteiger partial charge is 0.425 e. The number of amides is 2. The van der Waals surface area contributed by atoms with Crippen molar-refractivity contribution < 1.29 is 50.6 Å². The Morgan fingerprint density at radius 2 is 1.83 bits per heavy atom. The number of carbonyl (C=O) groups is 3. The summed E-state index contributed by atoms with van der Waals surface area (Å²) in [6.07, 6.45) is -7.95. The molecule has 0 spiro atoms. The average Bonchev–Trinajstić information content (AvgIpc) is 3.51. The van der Waals surface area contributed by atoms with Gasteiger partial charge in [0.05, 0.1) is 11.6 Å². The van der Waals surface area contributed by atoms with Crippen molar-refractivity contribution in [2.24, 2.45) is 0 Å². The van der Waals surface area contributed by atoms with Crippen molar-refractivity contribution in [1.82, 2.24) is 14.8 Å². The molecule has 16 heteroatoms. The lowest BCUT2D eigenvalue weighted by Gasteiger charge is -2.51. The Balaban J connectivity index is 1.66. The molecular formula is C32H30BrF6N3O5S. The molecule has 2 aliphatic rings. The number of alkyl halides is 6. The minimum absolute atomic E-state index is 0.0136. The number of hydrogen-bond donors (Lipinski definition) is 1. The Hall–Kier alpha value is -3.66. The normalized spacial score (nSPS) is 21.5. The number of thiophene rings is 1. The van der Waals surface area contributed by atoms with Crippen LogP contribution in [0.2, 0.25) is 0 Å². The maximum Gasteiger partial charge on any atom is 0.425 e. The number of likely N-dealkylation sites (tertiary alicyclic amines) is 1. The minimum atomic E-state index is -4.94. The number of carboxylic acids is 1. The molecule has 1 unspecified atom stereocenters. The number of pyridine rings is 1. The van der Waals surface area contributed by atoms with Crippen molar-refractivity contribution in [2.75, 3.05) is 6.54 Å². The van der Waals surface area contributed by atoms with Crippen LogP contribution in [0.5, 0.6) is 5.75 Å². The molecule has 5 rings (SSSR count). The molecule has 258 valence electrons. The van der Waals surface area contributed by atoms with Crippen molar-refractivity contribution in [1.29, 1.82) is 0 Å². The Kier molecular flexibility index (Phi) is 10.2. The van der Waals surface area contributed by atoms with Crippen molar-refractivity contribution in [3.05, 3.63) is 79.7 Å². The summed E-state index contributed by atoms with van der Waals surface area (Å²) in [5.41, 5.74) is -3.04. The number of benzene rings is 1. The van der Waals surface area contributed by atoms with E-state index in [4.69, 9.17) is 4.74 Å². The lowest BCUT2D eigenvalue weighted by atomic mass is 9.78. The summed E-state index contributed by atoms with van der Waals surface area (Å²) in [4.78, 5) is 46.5. The summed E-state index contributed by atoms with van der Waals surface area (Å²) in [6, 6.07) is 4.94. The van der Waals surface area contributed by atoms with Crippen LogP contribution in [0.15, 0.2) is 52.4 Å². The first kappa shape index (κ1) is 35.6. The largest absolute Gasteiger partial charge is 0.480 e. The van der Waals surface area contributed by atoms with Crippen LogP contribution >= 0.6 is 27.3 Å². The highest BCUT2D eigenvalue weighted by molar-refractivity contribution is 9.10. The first-order valence-electron chi connectivity index (χ1n) is 15.1. The van der Waals surface area contributed by atoms with E-state index >= 15 is 0 Å². The van der Waals surface area contributed by atoms with E-state index in [1.807, 2.05) is 6.92 Å². The first-order valence-corrected chi connectivity index (χ1v) is 16.7. The fraction of sp³-hybridized carbons (Fsp3) is 0.438. The standard InChI is InChI=1S/C32H30BrF6N3O5S/c1-2-3-7-24-30(47-21-15-25(48-17-21)32(37,38)39,10-5-12-41(24)27(43)26-22(31(34,35)36)6-4-11-40-26)29(46)42-16-18-8-9-20(33)13-19(18)14-23(42)28(44)45/h4,6,8-9,11,13,15,17,23-24H,2-3,5,7,10,12,14,16H2,1H3,(H,44,45)/t23-,24-,30?/m1/s1. The van der Waals surface area contributed by atoms with Crippen LogP contribution in [0, 0.1) is 0 Å². The van der Waals surface area contributed by atoms with Crippen LogP contribution in [0.25, 0.3) is 0 Å². The zero-order valence-corrected chi connectivity index (χ0v) is 27.8. The van der Waals surface area contributed by atoms with Gasteiger partial charge in [-0.1, -0.05) is 41.8 Å². The van der Waals surface area contributed by atoms with Gasteiger partial charge in [-0.05, 0) is 48.2 Å². The van der Waals surface area contributed by atoms with E-state index < -0.39 is 64.0 Å². The van der Waals surface area contributed by atoms with Gasteiger partial charge < -0.3 is 19.6 Å². The molecule has 3 aromatic rings. The van der Waals surface area contributed by atoms with E-state index in [1.54, 1.807) is 18.2 Å². The summed E-state index contributed by atoms with van der Waals surface area (Å²) in [5.74, 6) is -3.69. The fourth-order valence-electron chi connectivity index (χ4n) is 6.43. The lowest BCUT2D eigenvalue weighted by molar-refractivity contribution is -0.168. The molecule has 1 N–H and O–H groups in total. The molecular weight excluding hydrogens is 732 g/mol. The summed E-state index contributed by atoms with van der Waals surface area (Å²) in [5, 5.41) is 11.3. The van der Waals surface area contributed by atoms with Crippen LogP contribution in [-0.4, -0.2) is 61.9 Å². The van der Waals surface area contributed by atoms with Gasteiger partial charge in [0.25, 0.3) is 11.8 Å². The molecule has 4 heterocycles. The monoisotopic (exact) mass is 761 g/mol. The number of aromatic nitrogens is 1. The number of rotatable bonds is 8. The molecule has 0 saturated carbocycles. The molecule has 2 amide bonds. The lowest BCUT2D eigenvalue weighted by Crippen LogP contribution is -2.69. The van der Waals surface area contributed by atoms with Gasteiger partial charge >= 0.3 is 18.3 Å². The molecule has 1 aromatic carbocycles. The van der Waals surface area contributed by atoms with E-state index in [1.165, 1.54) is 0 Å². The third-order valence-electron chi connectivity index (χ3n) is 8.63. The molecule has 0 bridgehead atoms. The number of unbranched alkanes of at least 4 members (excludes halogenated alkanes) is 1. The molecule has 2 aliphatic heterocycles.